The molecule has 0 saturated carbocycles. The maximum Gasteiger partial charge on any atom is 0.0663 e. The molecule has 0 fully saturated rings. The van der Waals surface area contributed by atoms with Crippen LogP contribution in [0.2, 0.25) is 0 Å². The van der Waals surface area contributed by atoms with Crippen LogP contribution in [-0.4, -0.2) is 24.7 Å². The molecule has 1 heterocycles. The van der Waals surface area contributed by atoms with Crippen LogP contribution < -0.4 is 5.32 Å². The van der Waals surface area contributed by atoms with E-state index in [1.54, 1.807) is 7.11 Å². The molecule has 0 saturated heterocycles. The van der Waals surface area contributed by atoms with Gasteiger partial charge in [0.25, 0.3) is 0 Å². The van der Waals surface area contributed by atoms with E-state index in [1.807, 2.05) is 6.20 Å². The highest BCUT2D eigenvalue weighted by atomic mass is 16.5. The van der Waals surface area contributed by atoms with Crippen LogP contribution in [0.1, 0.15) is 13.3 Å². The SMILES string of the molecule is CCC(COC)Nc1ccc2[nH]ccc2c1. The predicted molar refractivity (Wildman–Crippen MR) is 67.9 cm³/mol. The van der Waals surface area contributed by atoms with Crippen molar-refractivity contribution in [3.05, 3.63) is 30.5 Å². The summed E-state index contributed by atoms with van der Waals surface area (Å²) in [5.74, 6) is 0. The summed E-state index contributed by atoms with van der Waals surface area (Å²) < 4.78 is 5.17. The van der Waals surface area contributed by atoms with E-state index in [4.69, 9.17) is 4.74 Å². The second-order valence-electron chi connectivity index (χ2n) is 3.98. The molecule has 0 aliphatic rings. The second-order valence-corrected chi connectivity index (χ2v) is 3.98. The van der Waals surface area contributed by atoms with E-state index in [0.717, 1.165) is 18.7 Å². The van der Waals surface area contributed by atoms with Gasteiger partial charge in [0.15, 0.2) is 0 Å². The largest absolute Gasteiger partial charge is 0.383 e. The lowest BCUT2D eigenvalue weighted by Gasteiger charge is -2.17. The van der Waals surface area contributed by atoms with Gasteiger partial charge >= 0.3 is 0 Å². The van der Waals surface area contributed by atoms with Gasteiger partial charge in [0.2, 0.25) is 0 Å². The van der Waals surface area contributed by atoms with Crippen LogP contribution in [0.15, 0.2) is 30.5 Å². The van der Waals surface area contributed by atoms with Crippen LogP contribution in [-0.2, 0) is 4.74 Å². The van der Waals surface area contributed by atoms with Crippen LogP contribution in [0.3, 0.4) is 0 Å². The zero-order chi connectivity index (χ0) is 11.4. The number of anilines is 1. The number of nitrogens with one attached hydrogen (secondary N) is 2. The van der Waals surface area contributed by atoms with Gasteiger partial charge in [-0.1, -0.05) is 6.92 Å². The van der Waals surface area contributed by atoms with Gasteiger partial charge in [0.1, 0.15) is 0 Å². The fourth-order valence-electron chi connectivity index (χ4n) is 1.84. The third-order valence-corrected chi connectivity index (χ3v) is 2.78. The van der Waals surface area contributed by atoms with E-state index in [1.165, 1.54) is 10.9 Å². The second kappa shape index (κ2) is 5.03. The van der Waals surface area contributed by atoms with Crippen LogP contribution >= 0.6 is 0 Å². The average molecular weight is 218 g/mol. The molecule has 16 heavy (non-hydrogen) atoms. The van der Waals surface area contributed by atoms with E-state index in [-0.39, 0.29) is 0 Å². The molecule has 0 bridgehead atoms. The first-order valence-electron chi connectivity index (χ1n) is 5.66. The van der Waals surface area contributed by atoms with Crippen molar-refractivity contribution in [2.24, 2.45) is 0 Å². The van der Waals surface area contributed by atoms with Gasteiger partial charge in [-0.25, -0.2) is 0 Å². The number of rotatable bonds is 5. The molecule has 3 nitrogen and oxygen atoms in total. The molecule has 2 aromatic rings. The number of fused-ring (bicyclic) bond motifs is 1. The zero-order valence-corrected chi connectivity index (χ0v) is 9.79. The number of benzene rings is 1. The number of hydrogen-bond donors (Lipinski definition) is 2. The Morgan fingerprint density at radius 1 is 1.38 bits per heavy atom. The number of ether oxygens (including phenoxy) is 1. The minimum Gasteiger partial charge on any atom is -0.383 e. The molecule has 1 atom stereocenters. The third-order valence-electron chi connectivity index (χ3n) is 2.78. The summed E-state index contributed by atoms with van der Waals surface area (Å²) in [6.07, 6.45) is 3.01. The van der Waals surface area contributed by atoms with Gasteiger partial charge in [0, 0.05) is 35.9 Å². The fourth-order valence-corrected chi connectivity index (χ4v) is 1.84. The zero-order valence-electron chi connectivity index (χ0n) is 9.79. The van der Waals surface area contributed by atoms with Gasteiger partial charge < -0.3 is 15.0 Å². The van der Waals surface area contributed by atoms with Crippen LogP contribution in [0.4, 0.5) is 5.69 Å². The van der Waals surface area contributed by atoms with Gasteiger partial charge in [-0.3, -0.25) is 0 Å². The summed E-state index contributed by atoms with van der Waals surface area (Å²) in [6.45, 7) is 2.90. The van der Waals surface area contributed by atoms with Crippen molar-refractivity contribution >= 4 is 16.6 Å². The Kier molecular flexibility index (Phi) is 3.47. The van der Waals surface area contributed by atoms with Crippen LogP contribution in [0.25, 0.3) is 10.9 Å². The standard InChI is InChI=1S/C13H18N2O/c1-3-11(9-16-2)15-12-4-5-13-10(8-12)6-7-14-13/h4-8,11,14-15H,3,9H2,1-2H3. The normalized spacial score (nSPS) is 12.9. The molecule has 2 rings (SSSR count). The molecular weight excluding hydrogens is 200 g/mol. The lowest BCUT2D eigenvalue weighted by atomic mass is 10.2. The number of hydrogen-bond acceptors (Lipinski definition) is 2. The van der Waals surface area contributed by atoms with Crippen LogP contribution in [0, 0.1) is 0 Å². The molecule has 3 heteroatoms. The van der Waals surface area contributed by atoms with E-state index < -0.39 is 0 Å². The smallest absolute Gasteiger partial charge is 0.0663 e. The molecule has 0 aliphatic carbocycles. The molecule has 0 aliphatic heterocycles. The van der Waals surface area contributed by atoms with Crippen LogP contribution in [0.5, 0.6) is 0 Å². The topological polar surface area (TPSA) is 37.0 Å². The van der Waals surface area contributed by atoms with E-state index in [2.05, 4.69) is 41.5 Å². The Balaban J connectivity index is 2.13. The van der Waals surface area contributed by atoms with Crippen molar-refractivity contribution in [2.75, 3.05) is 19.0 Å². The highest BCUT2D eigenvalue weighted by molar-refractivity contribution is 5.82. The highest BCUT2D eigenvalue weighted by Crippen LogP contribution is 2.18. The summed E-state index contributed by atoms with van der Waals surface area (Å²) in [7, 11) is 1.74. The van der Waals surface area contributed by atoms with Gasteiger partial charge in [-0.05, 0) is 30.7 Å². The quantitative estimate of drug-likeness (QED) is 0.809. The van der Waals surface area contributed by atoms with Crippen molar-refractivity contribution in [3.8, 4) is 0 Å². The molecule has 0 radical (unpaired) electrons. The van der Waals surface area contributed by atoms with E-state index in [9.17, 15) is 0 Å². The Morgan fingerprint density at radius 2 is 2.25 bits per heavy atom. The summed E-state index contributed by atoms with van der Waals surface area (Å²) in [4.78, 5) is 3.19. The molecule has 1 unspecified atom stereocenters. The molecule has 86 valence electrons. The Morgan fingerprint density at radius 3 is 3.00 bits per heavy atom. The summed E-state index contributed by atoms with van der Waals surface area (Å²) in [5.41, 5.74) is 2.32. The lowest BCUT2D eigenvalue weighted by Crippen LogP contribution is -2.23. The molecule has 0 spiro atoms. The van der Waals surface area contributed by atoms with Crippen molar-refractivity contribution < 1.29 is 4.74 Å². The predicted octanol–water partition coefficient (Wildman–Crippen LogP) is 3.00. The maximum absolute atomic E-state index is 5.17. The highest BCUT2D eigenvalue weighted by Gasteiger charge is 2.05. The molecule has 1 aromatic carbocycles. The third kappa shape index (κ3) is 2.36. The summed E-state index contributed by atoms with van der Waals surface area (Å²) >= 11 is 0. The van der Waals surface area contributed by atoms with Gasteiger partial charge in [-0.15, -0.1) is 0 Å². The number of aromatic amines is 1. The number of methoxy groups -OCH3 is 1. The number of aromatic nitrogens is 1. The number of H-pyrrole nitrogens is 1. The van der Waals surface area contributed by atoms with Crippen molar-refractivity contribution in [1.82, 2.24) is 4.98 Å². The minimum atomic E-state index is 0.376. The fraction of sp³-hybridized carbons (Fsp3) is 0.385. The first kappa shape index (κ1) is 11.0. The minimum absolute atomic E-state index is 0.376. The van der Waals surface area contributed by atoms with E-state index in [0.29, 0.717) is 6.04 Å². The summed E-state index contributed by atoms with van der Waals surface area (Å²) in [6, 6.07) is 8.80. The molecule has 0 amide bonds. The average Bonchev–Trinajstić information content (AvgIpc) is 2.75. The molecule has 2 N–H and O–H groups in total. The first-order valence-corrected chi connectivity index (χ1v) is 5.66. The van der Waals surface area contributed by atoms with Crippen molar-refractivity contribution in [3.63, 3.8) is 0 Å². The van der Waals surface area contributed by atoms with Crippen molar-refractivity contribution in [1.29, 1.82) is 0 Å². The first-order chi connectivity index (χ1) is 7.83. The van der Waals surface area contributed by atoms with Crippen molar-refractivity contribution in [2.45, 2.75) is 19.4 Å². The molecule has 1 aromatic heterocycles. The Hall–Kier alpha value is -1.48. The van der Waals surface area contributed by atoms with E-state index >= 15 is 0 Å². The van der Waals surface area contributed by atoms with Gasteiger partial charge in [-0.2, -0.15) is 0 Å². The Bertz CT molecular complexity index is 450. The Labute approximate surface area is 95.8 Å². The van der Waals surface area contributed by atoms with Gasteiger partial charge in [0.05, 0.1) is 6.61 Å². The lowest BCUT2D eigenvalue weighted by molar-refractivity contribution is 0.184. The molecular formula is C13H18N2O. The monoisotopic (exact) mass is 218 g/mol. The maximum atomic E-state index is 5.17. The summed E-state index contributed by atoms with van der Waals surface area (Å²) in [5, 5.41) is 4.71.